The molecule has 0 heterocycles. The predicted octanol–water partition coefficient (Wildman–Crippen LogP) is 1.88. The highest BCUT2D eigenvalue weighted by Crippen LogP contribution is 2.15. The number of carboxylic acids is 1. The molecule has 0 aromatic rings. The first-order chi connectivity index (χ1) is 4.09. The first-order valence-electron chi connectivity index (χ1n) is 2.96. The molecule has 2 atom stereocenters. The maximum absolute atomic E-state index is 10.3. The Morgan fingerprint density at radius 1 is 1.78 bits per heavy atom. The number of carbonyl (C=O) groups is 1. The van der Waals surface area contributed by atoms with Crippen LogP contribution < -0.4 is 0 Å². The Hall–Kier alpha value is -0.0500. The van der Waals surface area contributed by atoms with Crippen LogP contribution in [0.15, 0.2) is 0 Å². The van der Waals surface area contributed by atoms with Crippen LogP contribution in [0.2, 0.25) is 0 Å². The lowest BCUT2D eigenvalue weighted by atomic mass is 10.1. The minimum absolute atomic E-state index is 0.211. The molecule has 0 aliphatic heterocycles. The highest BCUT2D eigenvalue weighted by molar-refractivity contribution is 9.10. The first kappa shape index (κ1) is 8.95. The van der Waals surface area contributed by atoms with Crippen LogP contribution in [0, 0.1) is 5.92 Å². The Balaban J connectivity index is 3.72. The number of hydrogen-bond acceptors (Lipinski definition) is 1. The molecule has 0 radical (unpaired) electrons. The van der Waals surface area contributed by atoms with Crippen LogP contribution in [0.4, 0.5) is 0 Å². The molecular weight excluding hydrogens is 184 g/mol. The highest BCUT2D eigenvalue weighted by Gasteiger charge is 2.18. The van der Waals surface area contributed by atoms with Crippen molar-refractivity contribution in [3.8, 4) is 0 Å². The van der Waals surface area contributed by atoms with E-state index in [0.717, 1.165) is 6.42 Å². The van der Waals surface area contributed by atoms with Gasteiger partial charge < -0.3 is 5.11 Å². The molecule has 0 saturated carbocycles. The van der Waals surface area contributed by atoms with Crippen LogP contribution in [-0.2, 0) is 4.79 Å². The molecule has 0 aliphatic carbocycles. The van der Waals surface area contributed by atoms with Crippen molar-refractivity contribution < 1.29 is 9.90 Å². The molecule has 2 nitrogen and oxygen atoms in total. The molecule has 9 heavy (non-hydrogen) atoms. The fourth-order valence-electron chi connectivity index (χ4n) is 0.450. The van der Waals surface area contributed by atoms with Gasteiger partial charge in [0.1, 0.15) is 4.83 Å². The van der Waals surface area contributed by atoms with Gasteiger partial charge in [0, 0.05) is 0 Å². The van der Waals surface area contributed by atoms with E-state index in [1.54, 1.807) is 0 Å². The van der Waals surface area contributed by atoms with Crippen LogP contribution in [0.5, 0.6) is 0 Å². The topological polar surface area (TPSA) is 37.3 Å². The van der Waals surface area contributed by atoms with Gasteiger partial charge in [0.15, 0.2) is 0 Å². The summed E-state index contributed by atoms with van der Waals surface area (Å²) in [5.74, 6) is -0.563. The van der Waals surface area contributed by atoms with E-state index in [2.05, 4.69) is 15.9 Å². The van der Waals surface area contributed by atoms with Gasteiger partial charge in [-0.1, -0.05) is 36.2 Å². The van der Waals surface area contributed by atoms with Crippen LogP contribution >= 0.6 is 15.9 Å². The molecule has 0 rings (SSSR count). The Bertz CT molecular complexity index is 103. The summed E-state index contributed by atoms with van der Waals surface area (Å²) in [5, 5.41) is 8.44. The summed E-state index contributed by atoms with van der Waals surface area (Å²) in [6.07, 6.45) is 0.891. The number of alkyl halides is 1. The maximum Gasteiger partial charge on any atom is 0.317 e. The molecule has 0 saturated heterocycles. The van der Waals surface area contributed by atoms with E-state index in [-0.39, 0.29) is 10.7 Å². The third-order valence-electron chi connectivity index (χ3n) is 1.38. The second-order valence-electron chi connectivity index (χ2n) is 2.13. The highest BCUT2D eigenvalue weighted by atomic mass is 79.9. The Morgan fingerprint density at radius 2 is 2.22 bits per heavy atom. The second-order valence-corrected chi connectivity index (χ2v) is 3.11. The van der Waals surface area contributed by atoms with Gasteiger partial charge in [0.05, 0.1) is 0 Å². The number of aliphatic carboxylic acids is 1. The Labute approximate surface area is 63.4 Å². The molecule has 2 unspecified atom stereocenters. The van der Waals surface area contributed by atoms with Crippen molar-refractivity contribution in [1.82, 2.24) is 0 Å². The van der Waals surface area contributed by atoms with Gasteiger partial charge in [-0.05, 0) is 5.92 Å². The standard InChI is InChI=1S/C6H11BrO2/c1-3-4(2)5(7)6(8)9/h4-5H,3H2,1-2H3,(H,8,9). The van der Waals surface area contributed by atoms with Gasteiger partial charge in [-0.3, -0.25) is 4.79 Å². The zero-order valence-electron chi connectivity index (χ0n) is 5.60. The van der Waals surface area contributed by atoms with Gasteiger partial charge in [0.25, 0.3) is 0 Å². The third kappa shape index (κ3) is 2.84. The summed E-state index contributed by atoms with van der Waals surface area (Å²) in [5.41, 5.74) is 0. The molecule has 0 amide bonds. The lowest BCUT2D eigenvalue weighted by Gasteiger charge is -2.10. The first-order valence-corrected chi connectivity index (χ1v) is 3.88. The lowest BCUT2D eigenvalue weighted by molar-refractivity contribution is -0.137. The van der Waals surface area contributed by atoms with Crippen LogP contribution in [-0.4, -0.2) is 15.9 Å². The zero-order chi connectivity index (χ0) is 7.44. The monoisotopic (exact) mass is 194 g/mol. The van der Waals surface area contributed by atoms with Crippen molar-refractivity contribution in [3.05, 3.63) is 0 Å². The van der Waals surface area contributed by atoms with E-state index in [9.17, 15) is 4.79 Å². The zero-order valence-corrected chi connectivity index (χ0v) is 7.18. The van der Waals surface area contributed by atoms with E-state index < -0.39 is 5.97 Å². The average molecular weight is 195 g/mol. The second kappa shape index (κ2) is 3.88. The Kier molecular flexibility index (Phi) is 3.86. The quantitative estimate of drug-likeness (QED) is 0.698. The largest absolute Gasteiger partial charge is 0.480 e. The van der Waals surface area contributed by atoms with Crippen molar-refractivity contribution in [1.29, 1.82) is 0 Å². The van der Waals surface area contributed by atoms with Crippen LogP contribution in [0.1, 0.15) is 20.3 Å². The van der Waals surface area contributed by atoms with E-state index in [1.165, 1.54) is 0 Å². The number of rotatable bonds is 3. The van der Waals surface area contributed by atoms with E-state index in [4.69, 9.17) is 5.11 Å². The van der Waals surface area contributed by atoms with Crippen molar-refractivity contribution >= 4 is 21.9 Å². The van der Waals surface area contributed by atoms with Crippen LogP contribution in [0.3, 0.4) is 0 Å². The van der Waals surface area contributed by atoms with Crippen LogP contribution in [0.25, 0.3) is 0 Å². The van der Waals surface area contributed by atoms with Gasteiger partial charge in [-0.2, -0.15) is 0 Å². The predicted molar refractivity (Wildman–Crippen MR) is 39.8 cm³/mol. The normalized spacial score (nSPS) is 16.8. The minimum atomic E-state index is -0.774. The third-order valence-corrected chi connectivity index (χ3v) is 2.67. The van der Waals surface area contributed by atoms with Crippen molar-refractivity contribution in [2.75, 3.05) is 0 Å². The molecule has 0 aromatic heterocycles. The summed E-state index contributed by atoms with van der Waals surface area (Å²) in [4.78, 5) is 9.87. The molecular formula is C6H11BrO2. The summed E-state index contributed by atoms with van der Waals surface area (Å²) >= 11 is 3.07. The summed E-state index contributed by atoms with van der Waals surface area (Å²) in [7, 11) is 0. The number of carboxylic acid groups (broad SMARTS) is 1. The van der Waals surface area contributed by atoms with Gasteiger partial charge in [0.2, 0.25) is 0 Å². The van der Waals surface area contributed by atoms with E-state index >= 15 is 0 Å². The average Bonchev–Trinajstić information content (AvgIpc) is 1.84. The molecule has 54 valence electrons. The van der Waals surface area contributed by atoms with E-state index in [0.29, 0.717) is 0 Å². The smallest absolute Gasteiger partial charge is 0.317 e. The molecule has 3 heteroatoms. The Morgan fingerprint density at radius 3 is 2.33 bits per heavy atom. The molecule has 0 spiro atoms. The van der Waals surface area contributed by atoms with Gasteiger partial charge in [-0.15, -0.1) is 0 Å². The van der Waals surface area contributed by atoms with Gasteiger partial charge in [-0.25, -0.2) is 0 Å². The van der Waals surface area contributed by atoms with Crippen molar-refractivity contribution in [2.24, 2.45) is 5.92 Å². The van der Waals surface area contributed by atoms with E-state index in [1.807, 2.05) is 13.8 Å². The van der Waals surface area contributed by atoms with Crippen molar-refractivity contribution in [2.45, 2.75) is 25.1 Å². The fraction of sp³-hybridized carbons (Fsp3) is 0.833. The lowest BCUT2D eigenvalue weighted by Crippen LogP contribution is -2.20. The van der Waals surface area contributed by atoms with Crippen molar-refractivity contribution in [3.63, 3.8) is 0 Å². The molecule has 0 fully saturated rings. The molecule has 1 N–H and O–H groups in total. The summed E-state index contributed by atoms with van der Waals surface area (Å²) in [6.45, 7) is 3.88. The van der Waals surface area contributed by atoms with Gasteiger partial charge >= 0.3 is 5.97 Å². The minimum Gasteiger partial charge on any atom is -0.480 e. The summed E-state index contributed by atoms with van der Waals surface area (Å²) in [6, 6.07) is 0. The molecule has 0 bridgehead atoms. The number of halogens is 1. The fourth-order valence-corrected chi connectivity index (χ4v) is 0.824. The SMILES string of the molecule is CCC(C)C(Br)C(=O)O. The molecule has 0 aliphatic rings. The number of hydrogen-bond donors (Lipinski definition) is 1. The molecule has 0 aromatic carbocycles. The summed E-state index contributed by atoms with van der Waals surface area (Å²) < 4.78 is 0. The maximum atomic E-state index is 10.3.